The summed E-state index contributed by atoms with van der Waals surface area (Å²) in [6.45, 7) is 9.01. The standard InChI is InChI=1S/C8H14O2S/c1-5-11-7(4)10-8(9)6(2)3/h7H,2,5H2,1,3-4H3. The number of ether oxygens (including phenoxy) is 1. The van der Waals surface area contributed by atoms with Gasteiger partial charge in [-0.15, -0.1) is 11.8 Å². The molecule has 0 aliphatic heterocycles. The van der Waals surface area contributed by atoms with Crippen LogP contribution in [0.15, 0.2) is 12.2 Å². The van der Waals surface area contributed by atoms with E-state index in [1.54, 1.807) is 18.7 Å². The summed E-state index contributed by atoms with van der Waals surface area (Å²) in [6.07, 6.45) is 0. The van der Waals surface area contributed by atoms with Gasteiger partial charge in [0.15, 0.2) is 0 Å². The van der Waals surface area contributed by atoms with Crippen molar-refractivity contribution in [3.05, 3.63) is 12.2 Å². The number of esters is 1. The molecular weight excluding hydrogens is 160 g/mol. The van der Waals surface area contributed by atoms with Gasteiger partial charge in [0.25, 0.3) is 0 Å². The fourth-order valence-corrected chi connectivity index (χ4v) is 1.14. The van der Waals surface area contributed by atoms with Crippen molar-refractivity contribution in [3.63, 3.8) is 0 Å². The Balaban J connectivity index is 3.66. The SMILES string of the molecule is C=C(C)C(=O)OC(C)SCC. The molecule has 0 saturated carbocycles. The van der Waals surface area contributed by atoms with Crippen LogP contribution in [0.4, 0.5) is 0 Å². The van der Waals surface area contributed by atoms with Gasteiger partial charge in [0.2, 0.25) is 0 Å². The highest BCUT2D eigenvalue weighted by Gasteiger charge is 2.08. The van der Waals surface area contributed by atoms with Crippen LogP contribution in [0.5, 0.6) is 0 Å². The third-order valence-electron chi connectivity index (χ3n) is 1.02. The first-order chi connectivity index (χ1) is 5.07. The lowest BCUT2D eigenvalue weighted by Crippen LogP contribution is -2.12. The number of rotatable bonds is 4. The van der Waals surface area contributed by atoms with Gasteiger partial charge in [-0.05, 0) is 19.6 Å². The quantitative estimate of drug-likeness (QED) is 0.371. The van der Waals surface area contributed by atoms with Crippen LogP contribution in [0.1, 0.15) is 20.8 Å². The number of thioether (sulfide) groups is 1. The second kappa shape index (κ2) is 5.24. The molecule has 0 aliphatic rings. The Morgan fingerprint density at radius 3 is 2.64 bits per heavy atom. The minimum Gasteiger partial charge on any atom is -0.448 e. The molecular formula is C8H14O2S. The first-order valence-electron chi connectivity index (χ1n) is 3.56. The van der Waals surface area contributed by atoms with Gasteiger partial charge in [-0.2, -0.15) is 0 Å². The van der Waals surface area contributed by atoms with E-state index >= 15 is 0 Å². The Kier molecular flexibility index (Phi) is 5.03. The summed E-state index contributed by atoms with van der Waals surface area (Å²) >= 11 is 1.59. The van der Waals surface area contributed by atoms with Gasteiger partial charge in [0.1, 0.15) is 5.44 Å². The monoisotopic (exact) mass is 174 g/mol. The van der Waals surface area contributed by atoms with Gasteiger partial charge < -0.3 is 4.74 Å². The zero-order valence-corrected chi connectivity index (χ0v) is 8.03. The van der Waals surface area contributed by atoms with E-state index in [1.807, 2.05) is 13.8 Å². The van der Waals surface area contributed by atoms with Crippen LogP contribution in [-0.4, -0.2) is 17.2 Å². The Bertz CT molecular complexity index is 154. The summed E-state index contributed by atoms with van der Waals surface area (Å²) in [5.74, 6) is 0.642. The van der Waals surface area contributed by atoms with Gasteiger partial charge in [-0.3, -0.25) is 0 Å². The molecule has 11 heavy (non-hydrogen) atoms. The van der Waals surface area contributed by atoms with E-state index in [1.165, 1.54) is 0 Å². The van der Waals surface area contributed by atoms with Crippen molar-refractivity contribution in [2.45, 2.75) is 26.2 Å². The highest BCUT2D eigenvalue weighted by molar-refractivity contribution is 7.99. The summed E-state index contributed by atoms with van der Waals surface area (Å²) in [5.41, 5.74) is 0.387. The molecule has 0 amide bonds. The zero-order chi connectivity index (χ0) is 8.85. The normalized spacial score (nSPS) is 12.3. The molecule has 0 spiro atoms. The fraction of sp³-hybridized carbons (Fsp3) is 0.625. The molecule has 1 unspecified atom stereocenters. The van der Waals surface area contributed by atoms with E-state index in [-0.39, 0.29) is 11.4 Å². The van der Waals surface area contributed by atoms with Gasteiger partial charge in [0, 0.05) is 5.57 Å². The smallest absolute Gasteiger partial charge is 0.334 e. The van der Waals surface area contributed by atoms with Crippen LogP contribution < -0.4 is 0 Å². The number of carbonyl (C=O) groups excluding carboxylic acids is 1. The van der Waals surface area contributed by atoms with E-state index in [2.05, 4.69) is 6.58 Å². The molecule has 0 aromatic carbocycles. The lowest BCUT2D eigenvalue weighted by molar-refractivity contribution is -0.139. The summed E-state index contributed by atoms with van der Waals surface area (Å²) in [4.78, 5) is 10.9. The molecule has 0 aromatic rings. The van der Waals surface area contributed by atoms with Crippen molar-refractivity contribution in [2.75, 3.05) is 5.75 Å². The van der Waals surface area contributed by atoms with Crippen LogP contribution >= 0.6 is 11.8 Å². The summed E-state index contributed by atoms with van der Waals surface area (Å²) in [7, 11) is 0. The third kappa shape index (κ3) is 4.90. The summed E-state index contributed by atoms with van der Waals surface area (Å²) in [6, 6.07) is 0. The molecule has 1 atom stereocenters. The molecule has 0 radical (unpaired) electrons. The molecule has 0 aromatic heterocycles. The fourth-order valence-electron chi connectivity index (χ4n) is 0.520. The molecule has 2 nitrogen and oxygen atoms in total. The molecule has 0 saturated heterocycles. The Morgan fingerprint density at radius 1 is 1.73 bits per heavy atom. The lowest BCUT2D eigenvalue weighted by Gasteiger charge is -2.10. The Morgan fingerprint density at radius 2 is 2.27 bits per heavy atom. The van der Waals surface area contributed by atoms with Crippen molar-refractivity contribution in [2.24, 2.45) is 0 Å². The average Bonchev–Trinajstić information content (AvgIpc) is 1.87. The number of hydrogen-bond acceptors (Lipinski definition) is 3. The largest absolute Gasteiger partial charge is 0.448 e. The molecule has 0 aliphatic carbocycles. The zero-order valence-electron chi connectivity index (χ0n) is 7.22. The highest BCUT2D eigenvalue weighted by atomic mass is 32.2. The Labute approximate surface area is 72.0 Å². The van der Waals surface area contributed by atoms with Crippen LogP contribution in [0.25, 0.3) is 0 Å². The van der Waals surface area contributed by atoms with Crippen molar-refractivity contribution in [3.8, 4) is 0 Å². The van der Waals surface area contributed by atoms with Crippen LogP contribution in [0.2, 0.25) is 0 Å². The van der Waals surface area contributed by atoms with Gasteiger partial charge in [-0.1, -0.05) is 13.5 Å². The maximum Gasteiger partial charge on any atom is 0.334 e. The van der Waals surface area contributed by atoms with Crippen molar-refractivity contribution in [1.82, 2.24) is 0 Å². The van der Waals surface area contributed by atoms with Crippen LogP contribution in [-0.2, 0) is 9.53 Å². The predicted molar refractivity (Wildman–Crippen MR) is 48.5 cm³/mol. The molecule has 0 rings (SSSR count). The van der Waals surface area contributed by atoms with E-state index < -0.39 is 0 Å². The molecule has 0 bridgehead atoms. The maximum absolute atomic E-state index is 10.9. The minimum absolute atomic E-state index is 0.0656. The van der Waals surface area contributed by atoms with E-state index in [4.69, 9.17) is 4.74 Å². The van der Waals surface area contributed by atoms with Gasteiger partial charge in [-0.25, -0.2) is 4.79 Å². The second-order valence-electron chi connectivity index (χ2n) is 2.21. The van der Waals surface area contributed by atoms with Crippen molar-refractivity contribution >= 4 is 17.7 Å². The first kappa shape index (κ1) is 10.6. The molecule has 3 heteroatoms. The highest BCUT2D eigenvalue weighted by Crippen LogP contribution is 2.11. The van der Waals surface area contributed by atoms with Crippen molar-refractivity contribution < 1.29 is 9.53 Å². The topological polar surface area (TPSA) is 26.3 Å². The second-order valence-corrected chi connectivity index (χ2v) is 3.78. The van der Waals surface area contributed by atoms with Crippen LogP contribution in [0, 0.1) is 0 Å². The first-order valence-corrected chi connectivity index (χ1v) is 4.61. The maximum atomic E-state index is 10.9. The van der Waals surface area contributed by atoms with E-state index in [0.717, 1.165) is 5.75 Å². The molecule has 64 valence electrons. The Hall–Kier alpha value is -0.440. The van der Waals surface area contributed by atoms with Crippen molar-refractivity contribution in [1.29, 1.82) is 0 Å². The van der Waals surface area contributed by atoms with Gasteiger partial charge in [0.05, 0.1) is 0 Å². The lowest BCUT2D eigenvalue weighted by atomic mass is 10.4. The van der Waals surface area contributed by atoms with E-state index in [0.29, 0.717) is 5.57 Å². The number of hydrogen-bond donors (Lipinski definition) is 0. The average molecular weight is 174 g/mol. The minimum atomic E-state index is -0.307. The van der Waals surface area contributed by atoms with Crippen LogP contribution in [0.3, 0.4) is 0 Å². The summed E-state index contributed by atoms with van der Waals surface area (Å²) < 4.78 is 4.98. The molecule has 0 heterocycles. The third-order valence-corrected chi connectivity index (χ3v) is 1.92. The van der Waals surface area contributed by atoms with Gasteiger partial charge >= 0.3 is 5.97 Å². The molecule has 0 fully saturated rings. The number of carbonyl (C=O) groups is 1. The predicted octanol–water partition coefficient (Wildman–Crippen LogP) is 2.20. The summed E-state index contributed by atoms with van der Waals surface area (Å²) in [5, 5.41) is 0. The molecule has 0 N–H and O–H groups in total. The van der Waals surface area contributed by atoms with E-state index in [9.17, 15) is 4.79 Å².